The highest BCUT2D eigenvalue weighted by atomic mass is 32.2. The maximum Gasteiger partial charge on any atom is 0.266 e. The summed E-state index contributed by atoms with van der Waals surface area (Å²) in [4.78, 5) is 11.8. The van der Waals surface area contributed by atoms with Gasteiger partial charge in [0.05, 0.1) is 17.9 Å². The number of amides is 1. The quantitative estimate of drug-likeness (QED) is 0.751. The second-order valence-electron chi connectivity index (χ2n) is 4.98. The van der Waals surface area contributed by atoms with Gasteiger partial charge in [-0.1, -0.05) is 12.8 Å². The van der Waals surface area contributed by atoms with Crippen LogP contribution in [0.2, 0.25) is 0 Å². The van der Waals surface area contributed by atoms with E-state index in [-0.39, 0.29) is 29.1 Å². The molecule has 7 heteroatoms. The lowest BCUT2D eigenvalue weighted by Crippen LogP contribution is -2.47. The van der Waals surface area contributed by atoms with Crippen molar-refractivity contribution in [3.8, 4) is 0 Å². The summed E-state index contributed by atoms with van der Waals surface area (Å²) < 4.78 is 28.9. The number of carbonyl (C=O) groups excluding carboxylic acids is 1. The Bertz CT molecular complexity index is 496. The fourth-order valence-corrected chi connectivity index (χ4v) is 3.85. The summed E-state index contributed by atoms with van der Waals surface area (Å²) in [7, 11) is -3.58. The minimum Gasteiger partial charge on any atom is -0.496 e. The molecule has 2 atom stereocenters. The van der Waals surface area contributed by atoms with E-state index in [2.05, 4.69) is 5.32 Å². The molecule has 0 unspecified atom stereocenters. The van der Waals surface area contributed by atoms with Crippen molar-refractivity contribution in [3.05, 3.63) is 10.7 Å². The molecular weight excluding hydrogens is 270 g/mol. The van der Waals surface area contributed by atoms with Gasteiger partial charge in [-0.25, -0.2) is 8.42 Å². The van der Waals surface area contributed by atoms with Crippen molar-refractivity contribution in [2.45, 2.75) is 44.8 Å². The van der Waals surface area contributed by atoms with Crippen LogP contribution in [0.15, 0.2) is 10.7 Å². The lowest BCUT2D eigenvalue weighted by atomic mass is 9.92. The fourth-order valence-electron chi connectivity index (χ4n) is 2.51. The van der Waals surface area contributed by atoms with Gasteiger partial charge in [0.1, 0.15) is 12.4 Å². The van der Waals surface area contributed by atoms with Gasteiger partial charge >= 0.3 is 0 Å². The number of aliphatic hydroxyl groups excluding tert-OH is 1. The molecule has 2 rings (SSSR count). The molecule has 2 aliphatic rings. The first-order chi connectivity index (χ1) is 8.92. The van der Waals surface area contributed by atoms with Gasteiger partial charge in [-0.05, 0) is 19.8 Å². The number of nitrogens with one attached hydrogen (secondary N) is 1. The molecule has 1 amide bonds. The van der Waals surface area contributed by atoms with Gasteiger partial charge < -0.3 is 15.2 Å². The molecule has 108 valence electrons. The second kappa shape index (κ2) is 5.50. The number of ether oxygens (including phenoxy) is 1. The summed E-state index contributed by atoms with van der Waals surface area (Å²) >= 11 is 0. The highest BCUT2D eigenvalue weighted by molar-refractivity contribution is 7.96. The number of rotatable bonds is 2. The zero-order valence-corrected chi connectivity index (χ0v) is 11.7. The predicted octanol–water partition coefficient (Wildman–Crippen LogP) is 0.0826. The Morgan fingerprint density at radius 2 is 2.05 bits per heavy atom. The van der Waals surface area contributed by atoms with E-state index in [9.17, 15) is 18.3 Å². The van der Waals surface area contributed by atoms with Crippen LogP contribution in [0, 0.1) is 0 Å². The van der Waals surface area contributed by atoms with Crippen LogP contribution in [0.25, 0.3) is 0 Å². The smallest absolute Gasteiger partial charge is 0.266 e. The highest BCUT2D eigenvalue weighted by Crippen LogP contribution is 2.22. The first kappa shape index (κ1) is 14.3. The summed E-state index contributed by atoms with van der Waals surface area (Å²) in [5.74, 6) is -0.711. The summed E-state index contributed by atoms with van der Waals surface area (Å²) in [6.45, 7) is 1.56. The van der Waals surface area contributed by atoms with Crippen molar-refractivity contribution in [1.82, 2.24) is 5.32 Å². The van der Waals surface area contributed by atoms with Gasteiger partial charge in [-0.15, -0.1) is 0 Å². The van der Waals surface area contributed by atoms with Crippen LogP contribution in [-0.2, 0) is 19.4 Å². The van der Waals surface area contributed by atoms with E-state index in [1.807, 2.05) is 0 Å². The zero-order chi connectivity index (χ0) is 14.0. The van der Waals surface area contributed by atoms with Crippen LogP contribution in [0.5, 0.6) is 0 Å². The molecule has 19 heavy (non-hydrogen) atoms. The van der Waals surface area contributed by atoms with Gasteiger partial charge in [0.2, 0.25) is 0 Å². The Morgan fingerprint density at radius 3 is 2.68 bits per heavy atom. The van der Waals surface area contributed by atoms with E-state index in [1.54, 1.807) is 0 Å². The zero-order valence-electron chi connectivity index (χ0n) is 10.9. The summed E-state index contributed by atoms with van der Waals surface area (Å²) in [6.07, 6.45) is 2.54. The molecule has 1 fully saturated rings. The number of allylic oxidation sites excluding steroid dienone is 1. The minimum atomic E-state index is -3.58. The van der Waals surface area contributed by atoms with Crippen molar-refractivity contribution in [2.75, 3.05) is 12.4 Å². The molecule has 1 aliphatic heterocycles. The minimum absolute atomic E-state index is 0.0804. The molecule has 0 spiro atoms. The van der Waals surface area contributed by atoms with Crippen LogP contribution in [0.1, 0.15) is 32.6 Å². The van der Waals surface area contributed by atoms with Crippen LogP contribution in [0.4, 0.5) is 0 Å². The number of aliphatic hydroxyl groups is 1. The molecular formula is C12H19NO5S. The molecule has 0 bridgehead atoms. The normalized spacial score (nSPS) is 30.6. The first-order valence-corrected chi connectivity index (χ1v) is 8.12. The van der Waals surface area contributed by atoms with Crippen molar-refractivity contribution in [1.29, 1.82) is 0 Å². The number of hydrogen-bond donors (Lipinski definition) is 2. The summed E-state index contributed by atoms with van der Waals surface area (Å²) in [5, 5.41) is 12.4. The van der Waals surface area contributed by atoms with E-state index in [0.29, 0.717) is 12.8 Å². The topological polar surface area (TPSA) is 92.7 Å². The van der Waals surface area contributed by atoms with Crippen LogP contribution >= 0.6 is 0 Å². The van der Waals surface area contributed by atoms with E-state index < -0.39 is 21.8 Å². The Morgan fingerprint density at radius 1 is 1.37 bits per heavy atom. The molecule has 1 aliphatic carbocycles. The summed E-state index contributed by atoms with van der Waals surface area (Å²) in [6, 6.07) is -0.376. The monoisotopic (exact) mass is 289 g/mol. The Labute approximate surface area is 112 Å². The van der Waals surface area contributed by atoms with Crippen molar-refractivity contribution in [2.24, 2.45) is 0 Å². The molecule has 0 aromatic rings. The molecule has 0 aromatic carbocycles. The lowest BCUT2D eigenvalue weighted by Gasteiger charge is -2.29. The third-order valence-electron chi connectivity index (χ3n) is 3.55. The van der Waals surface area contributed by atoms with E-state index in [0.717, 1.165) is 12.8 Å². The Kier molecular flexibility index (Phi) is 4.15. The maximum absolute atomic E-state index is 12.1. The van der Waals surface area contributed by atoms with Crippen LogP contribution in [-0.4, -0.2) is 43.9 Å². The van der Waals surface area contributed by atoms with Gasteiger partial charge in [0.15, 0.2) is 14.7 Å². The Balaban J connectivity index is 2.15. The van der Waals surface area contributed by atoms with Gasteiger partial charge in [0.25, 0.3) is 5.91 Å². The molecule has 1 heterocycles. The molecule has 2 N–H and O–H groups in total. The SMILES string of the molecule is CC1=C(C(=O)N[C@H]2CCCC[C@@H]2O)S(=O)(=O)CCO1. The summed E-state index contributed by atoms with van der Waals surface area (Å²) in [5.41, 5.74) is 0. The lowest BCUT2D eigenvalue weighted by molar-refractivity contribution is -0.119. The van der Waals surface area contributed by atoms with E-state index in [1.165, 1.54) is 6.92 Å². The predicted molar refractivity (Wildman–Crippen MR) is 68.8 cm³/mol. The number of hydrogen-bond acceptors (Lipinski definition) is 5. The number of sulfone groups is 1. The van der Waals surface area contributed by atoms with Crippen molar-refractivity contribution < 1.29 is 23.1 Å². The fraction of sp³-hybridized carbons (Fsp3) is 0.750. The van der Waals surface area contributed by atoms with Gasteiger partial charge in [-0.3, -0.25) is 4.79 Å². The largest absolute Gasteiger partial charge is 0.496 e. The molecule has 1 saturated carbocycles. The maximum atomic E-state index is 12.1. The second-order valence-corrected chi connectivity index (χ2v) is 7.03. The van der Waals surface area contributed by atoms with Crippen LogP contribution in [0.3, 0.4) is 0 Å². The van der Waals surface area contributed by atoms with Gasteiger partial charge in [0, 0.05) is 0 Å². The number of carbonyl (C=O) groups is 1. The molecule has 0 aromatic heterocycles. The third kappa shape index (κ3) is 3.09. The van der Waals surface area contributed by atoms with E-state index in [4.69, 9.17) is 4.74 Å². The van der Waals surface area contributed by atoms with Gasteiger partial charge in [-0.2, -0.15) is 0 Å². The standard InChI is InChI=1S/C12H19NO5S/c1-8-11(19(16,17)7-6-18-8)12(15)13-9-4-2-3-5-10(9)14/h9-10,14H,2-7H2,1H3,(H,13,15)/t9-,10-/m0/s1. The molecule has 6 nitrogen and oxygen atoms in total. The molecule has 0 radical (unpaired) electrons. The Hall–Kier alpha value is -1.08. The average Bonchev–Trinajstić information content (AvgIpc) is 2.30. The molecule has 0 saturated heterocycles. The van der Waals surface area contributed by atoms with E-state index >= 15 is 0 Å². The van der Waals surface area contributed by atoms with Crippen molar-refractivity contribution >= 4 is 15.7 Å². The van der Waals surface area contributed by atoms with Crippen molar-refractivity contribution in [3.63, 3.8) is 0 Å². The third-order valence-corrected chi connectivity index (χ3v) is 5.35. The van der Waals surface area contributed by atoms with Crippen LogP contribution < -0.4 is 5.32 Å². The average molecular weight is 289 g/mol. The first-order valence-electron chi connectivity index (χ1n) is 6.47. The highest BCUT2D eigenvalue weighted by Gasteiger charge is 2.34.